The van der Waals surface area contributed by atoms with E-state index in [1.54, 1.807) is 0 Å². The standard InChI is InChI=1S/C23H19N3O7/c1-13-4-5-14(2)19(10-13)24-22(27)16-6-8-18(9-7-16)33-23(28)17-11-20(25(29)30)15(3)21(12-17)26(31)32/h4-12H,1-3H3,(H,24,27). The fourth-order valence-corrected chi connectivity index (χ4v) is 3.09. The number of nitrogens with zero attached hydrogens (tertiary/aromatic N) is 2. The van der Waals surface area contributed by atoms with Crippen molar-refractivity contribution >= 4 is 28.9 Å². The molecule has 168 valence electrons. The zero-order valence-electron chi connectivity index (χ0n) is 17.9. The average molecular weight is 449 g/mol. The maximum Gasteiger partial charge on any atom is 0.344 e. The Morgan fingerprint density at radius 2 is 1.39 bits per heavy atom. The van der Waals surface area contributed by atoms with E-state index in [9.17, 15) is 29.8 Å². The molecule has 0 aliphatic carbocycles. The molecule has 0 unspecified atom stereocenters. The molecule has 3 aromatic carbocycles. The van der Waals surface area contributed by atoms with Crippen molar-refractivity contribution in [1.29, 1.82) is 0 Å². The molecule has 0 saturated heterocycles. The second-order valence-corrected chi connectivity index (χ2v) is 7.34. The van der Waals surface area contributed by atoms with E-state index >= 15 is 0 Å². The molecule has 0 heterocycles. The molecule has 0 aliphatic rings. The number of aryl methyl sites for hydroxylation is 2. The zero-order chi connectivity index (χ0) is 24.3. The lowest BCUT2D eigenvalue weighted by Gasteiger charge is -2.10. The van der Waals surface area contributed by atoms with Gasteiger partial charge in [-0.25, -0.2) is 4.79 Å². The first kappa shape index (κ1) is 23.1. The van der Waals surface area contributed by atoms with Gasteiger partial charge >= 0.3 is 5.97 Å². The van der Waals surface area contributed by atoms with Crippen LogP contribution in [0.5, 0.6) is 5.75 Å². The largest absolute Gasteiger partial charge is 0.423 e. The molecule has 0 aliphatic heterocycles. The minimum absolute atomic E-state index is 0.0640. The van der Waals surface area contributed by atoms with Gasteiger partial charge < -0.3 is 10.1 Å². The van der Waals surface area contributed by atoms with Crippen molar-refractivity contribution < 1.29 is 24.2 Å². The molecule has 0 bridgehead atoms. The van der Waals surface area contributed by atoms with Crippen LogP contribution in [0.4, 0.5) is 17.1 Å². The van der Waals surface area contributed by atoms with E-state index in [-0.39, 0.29) is 22.8 Å². The Morgan fingerprint density at radius 3 is 1.94 bits per heavy atom. The summed E-state index contributed by atoms with van der Waals surface area (Å²) in [5.74, 6) is -1.30. The molecule has 3 aromatic rings. The van der Waals surface area contributed by atoms with E-state index in [2.05, 4.69) is 5.32 Å². The summed E-state index contributed by atoms with van der Waals surface area (Å²) < 4.78 is 5.18. The first-order valence-electron chi connectivity index (χ1n) is 9.71. The van der Waals surface area contributed by atoms with Crippen LogP contribution < -0.4 is 10.1 Å². The Labute approximate surface area is 188 Å². The van der Waals surface area contributed by atoms with Crippen LogP contribution in [0.2, 0.25) is 0 Å². The molecule has 33 heavy (non-hydrogen) atoms. The van der Waals surface area contributed by atoms with Crippen molar-refractivity contribution in [1.82, 2.24) is 0 Å². The molecule has 0 spiro atoms. The van der Waals surface area contributed by atoms with Crippen LogP contribution in [0, 0.1) is 41.0 Å². The summed E-state index contributed by atoms with van der Waals surface area (Å²) in [7, 11) is 0. The van der Waals surface area contributed by atoms with Gasteiger partial charge in [0.2, 0.25) is 0 Å². The highest BCUT2D eigenvalue weighted by Crippen LogP contribution is 2.30. The summed E-state index contributed by atoms with van der Waals surface area (Å²) in [5.41, 5.74) is 1.27. The van der Waals surface area contributed by atoms with Crippen molar-refractivity contribution in [3.8, 4) is 5.75 Å². The maximum absolute atomic E-state index is 12.5. The van der Waals surface area contributed by atoms with Crippen LogP contribution >= 0.6 is 0 Å². The lowest BCUT2D eigenvalue weighted by molar-refractivity contribution is -0.395. The van der Waals surface area contributed by atoms with Gasteiger partial charge in [0, 0.05) is 23.4 Å². The minimum atomic E-state index is -1.01. The summed E-state index contributed by atoms with van der Waals surface area (Å²) >= 11 is 0. The quantitative estimate of drug-likeness (QED) is 0.244. The van der Waals surface area contributed by atoms with E-state index in [1.807, 2.05) is 32.0 Å². The zero-order valence-corrected chi connectivity index (χ0v) is 17.9. The van der Waals surface area contributed by atoms with Crippen LogP contribution in [0.15, 0.2) is 54.6 Å². The van der Waals surface area contributed by atoms with Crippen LogP contribution in [0.25, 0.3) is 0 Å². The average Bonchev–Trinajstić information content (AvgIpc) is 2.76. The number of benzene rings is 3. The SMILES string of the molecule is Cc1ccc(C)c(NC(=O)c2ccc(OC(=O)c3cc([N+](=O)[O-])c(C)c([N+](=O)[O-])c3)cc2)c1. The number of nitro benzene ring substituents is 2. The number of nitrogens with one attached hydrogen (secondary N) is 1. The van der Waals surface area contributed by atoms with Crippen LogP contribution in [-0.2, 0) is 0 Å². The van der Waals surface area contributed by atoms with Gasteiger partial charge in [-0.05, 0) is 62.2 Å². The Kier molecular flexibility index (Phi) is 6.48. The predicted octanol–water partition coefficient (Wildman–Crippen LogP) is 4.90. The summed E-state index contributed by atoms with van der Waals surface area (Å²) in [5, 5.41) is 25.2. The number of hydrogen-bond acceptors (Lipinski definition) is 7. The summed E-state index contributed by atoms with van der Waals surface area (Å²) in [4.78, 5) is 45.8. The molecule has 10 nitrogen and oxygen atoms in total. The van der Waals surface area contributed by atoms with E-state index in [4.69, 9.17) is 4.74 Å². The van der Waals surface area contributed by atoms with Gasteiger partial charge in [0.05, 0.1) is 15.4 Å². The summed E-state index contributed by atoms with van der Waals surface area (Å²) in [6, 6.07) is 13.2. The molecule has 1 amide bonds. The molecule has 0 fully saturated rings. The number of carbonyl (C=O) groups is 2. The number of hydrogen-bond donors (Lipinski definition) is 1. The van der Waals surface area contributed by atoms with E-state index < -0.39 is 27.2 Å². The van der Waals surface area contributed by atoms with E-state index in [0.29, 0.717) is 11.3 Å². The molecule has 0 radical (unpaired) electrons. The number of rotatable bonds is 6. The Balaban J connectivity index is 1.78. The highest BCUT2D eigenvalue weighted by Gasteiger charge is 2.26. The van der Waals surface area contributed by atoms with Gasteiger partial charge in [-0.2, -0.15) is 0 Å². The second-order valence-electron chi connectivity index (χ2n) is 7.34. The molecular weight excluding hydrogens is 430 g/mol. The van der Waals surface area contributed by atoms with E-state index in [0.717, 1.165) is 23.3 Å². The fourth-order valence-electron chi connectivity index (χ4n) is 3.09. The number of anilines is 1. The third-order valence-electron chi connectivity index (χ3n) is 4.95. The van der Waals surface area contributed by atoms with Crippen LogP contribution in [0.3, 0.4) is 0 Å². The third kappa shape index (κ3) is 5.18. The summed E-state index contributed by atoms with van der Waals surface area (Å²) in [6.45, 7) is 5.01. The monoisotopic (exact) mass is 449 g/mol. The van der Waals surface area contributed by atoms with Crippen LogP contribution in [-0.4, -0.2) is 21.7 Å². The number of amides is 1. The predicted molar refractivity (Wildman–Crippen MR) is 120 cm³/mol. The molecule has 0 atom stereocenters. The lowest BCUT2D eigenvalue weighted by atomic mass is 10.1. The maximum atomic E-state index is 12.5. The van der Waals surface area contributed by atoms with Crippen molar-refractivity contribution in [2.75, 3.05) is 5.32 Å². The van der Waals surface area contributed by atoms with E-state index in [1.165, 1.54) is 31.2 Å². The first-order valence-corrected chi connectivity index (χ1v) is 9.71. The minimum Gasteiger partial charge on any atom is -0.423 e. The molecule has 10 heteroatoms. The number of ether oxygens (including phenoxy) is 1. The van der Waals surface area contributed by atoms with Crippen LogP contribution in [0.1, 0.15) is 37.4 Å². The smallest absolute Gasteiger partial charge is 0.344 e. The molecule has 1 N–H and O–H groups in total. The highest BCUT2D eigenvalue weighted by atomic mass is 16.6. The second kappa shape index (κ2) is 9.27. The Morgan fingerprint density at radius 1 is 0.818 bits per heavy atom. The topological polar surface area (TPSA) is 142 Å². The van der Waals surface area contributed by atoms with Gasteiger partial charge in [0.1, 0.15) is 11.3 Å². The van der Waals surface area contributed by atoms with Crippen molar-refractivity contribution in [3.63, 3.8) is 0 Å². The van der Waals surface area contributed by atoms with Crippen molar-refractivity contribution in [2.45, 2.75) is 20.8 Å². The van der Waals surface area contributed by atoms with Gasteiger partial charge in [-0.15, -0.1) is 0 Å². The molecule has 0 aromatic heterocycles. The van der Waals surface area contributed by atoms with Gasteiger partial charge in [0.25, 0.3) is 17.3 Å². The van der Waals surface area contributed by atoms with Gasteiger partial charge in [-0.3, -0.25) is 25.0 Å². The van der Waals surface area contributed by atoms with Crippen molar-refractivity contribution in [2.24, 2.45) is 0 Å². The third-order valence-corrected chi connectivity index (χ3v) is 4.95. The first-order chi connectivity index (χ1) is 15.6. The van der Waals surface area contributed by atoms with Gasteiger partial charge in [-0.1, -0.05) is 12.1 Å². The number of esters is 1. The summed E-state index contributed by atoms with van der Waals surface area (Å²) in [6.07, 6.45) is 0. The lowest BCUT2D eigenvalue weighted by Crippen LogP contribution is -2.13. The molecule has 0 saturated carbocycles. The normalized spacial score (nSPS) is 10.4. The highest BCUT2D eigenvalue weighted by molar-refractivity contribution is 6.04. The van der Waals surface area contributed by atoms with Crippen molar-refractivity contribution in [3.05, 3.63) is 103 Å². The Bertz CT molecular complexity index is 1250. The Hall–Kier alpha value is -4.60. The molecule has 3 rings (SSSR count). The molecular formula is C23H19N3O7. The van der Waals surface area contributed by atoms with Gasteiger partial charge in [0.15, 0.2) is 0 Å². The number of carbonyl (C=O) groups excluding carboxylic acids is 2. The fraction of sp³-hybridized carbons (Fsp3) is 0.130. The number of nitro groups is 2.